The van der Waals surface area contributed by atoms with E-state index in [1.54, 1.807) is 30.3 Å². The van der Waals surface area contributed by atoms with Gasteiger partial charge in [-0.3, -0.25) is 14.8 Å². The molecule has 0 unspecified atom stereocenters. The summed E-state index contributed by atoms with van der Waals surface area (Å²) in [6.07, 6.45) is 0. The van der Waals surface area contributed by atoms with E-state index in [2.05, 4.69) is 36.2 Å². The number of anilines is 2. The Hall–Kier alpha value is -2.30. The highest BCUT2D eigenvalue weighted by Crippen LogP contribution is 2.20. The van der Waals surface area contributed by atoms with Crippen LogP contribution in [0.15, 0.2) is 63.4 Å². The van der Waals surface area contributed by atoms with Crippen molar-refractivity contribution in [2.45, 2.75) is 4.90 Å². The van der Waals surface area contributed by atoms with E-state index in [0.29, 0.717) is 10.7 Å². The van der Waals surface area contributed by atoms with Gasteiger partial charge in [-0.1, -0.05) is 33.3 Å². The molecule has 0 atom stereocenters. The number of aromatic nitrogens is 2. The maximum absolute atomic E-state index is 12.4. The van der Waals surface area contributed by atoms with E-state index < -0.39 is 15.9 Å². The van der Waals surface area contributed by atoms with E-state index in [1.807, 2.05) is 0 Å². The fourth-order valence-electron chi connectivity index (χ4n) is 1.95. The Balaban J connectivity index is 1.79. The van der Waals surface area contributed by atoms with Crippen molar-refractivity contribution in [3.05, 3.63) is 64.1 Å². The van der Waals surface area contributed by atoms with Crippen LogP contribution < -0.4 is 10.0 Å². The predicted molar refractivity (Wildman–Crippen MR) is 99.3 cm³/mol. The Morgan fingerprint density at radius 2 is 1.88 bits per heavy atom. The predicted octanol–water partition coefficient (Wildman–Crippen LogP) is 3.35. The van der Waals surface area contributed by atoms with E-state index in [0.717, 1.165) is 4.47 Å². The van der Waals surface area contributed by atoms with Gasteiger partial charge < -0.3 is 0 Å². The maximum Gasteiger partial charge on any atom is 0.261 e. The Morgan fingerprint density at radius 1 is 1.12 bits per heavy atom. The number of nitrogens with one attached hydrogen (secondary N) is 2. The molecule has 128 valence electrons. The minimum atomic E-state index is -3.75. The molecule has 3 aromatic rings. The summed E-state index contributed by atoms with van der Waals surface area (Å²) in [7, 11) is -3.75. The molecular formula is C15H11BrN4O3S2. The van der Waals surface area contributed by atoms with Crippen LogP contribution in [0.3, 0.4) is 0 Å². The number of hydrogen-bond donors (Lipinski definition) is 2. The highest BCUT2D eigenvalue weighted by Gasteiger charge is 2.15. The number of hydrogen-bond acceptors (Lipinski definition) is 6. The number of carbonyl (C=O) groups is 1. The van der Waals surface area contributed by atoms with Gasteiger partial charge in [-0.2, -0.15) is 0 Å². The summed E-state index contributed by atoms with van der Waals surface area (Å²) < 4.78 is 28.1. The van der Waals surface area contributed by atoms with Gasteiger partial charge in [0.15, 0.2) is 0 Å². The molecule has 10 heteroatoms. The average Bonchev–Trinajstić information content (AvgIpc) is 3.08. The van der Waals surface area contributed by atoms with E-state index in [1.165, 1.54) is 35.0 Å². The molecule has 1 amide bonds. The highest BCUT2D eigenvalue weighted by atomic mass is 79.9. The summed E-state index contributed by atoms with van der Waals surface area (Å²) in [5.74, 6) is -0.401. The van der Waals surface area contributed by atoms with Gasteiger partial charge in [0.1, 0.15) is 5.51 Å². The monoisotopic (exact) mass is 438 g/mol. The van der Waals surface area contributed by atoms with Crippen molar-refractivity contribution in [1.29, 1.82) is 0 Å². The second-order valence-electron chi connectivity index (χ2n) is 4.84. The van der Waals surface area contributed by atoms with Crippen LogP contribution in [-0.4, -0.2) is 24.5 Å². The van der Waals surface area contributed by atoms with Crippen molar-refractivity contribution < 1.29 is 13.2 Å². The number of carbonyl (C=O) groups excluding carboxylic acids is 1. The lowest BCUT2D eigenvalue weighted by Crippen LogP contribution is -2.15. The molecule has 0 aliphatic carbocycles. The maximum atomic E-state index is 12.4. The van der Waals surface area contributed by atoms with Gasteiger partial charge in [-0.15, -0.1) is 10.2 Å². The Kier molecular flexibility index (Phi) is 5.11. The largest absolute Gasteiger partial charge is 0.296 e. The second kappa shape index (κ2) is 7.30. The van der Waals surface area contributed by atoms with Gasteiger partial charge in [-0.25, -0.2) is 8.42 Å². The lowest BCUT2D eigenvalue weighted by Gasteiger charge is -2.09. The van der Waals surface area contributed by atoms with Crippen molar-refractivity contribution >= 4 is 54.0 Å². The second-order valence-corrected chi connectivity index (χ2v) is 8.27. The normalized spacial score (nSPS) is 11.1. The Labute approximate surface area is 156 Å². The number of sulfonamides is 1. The first-order valence-electron chi connectivity index (χ1n) is 6.90. The number of benzene rings is 2. The van der Waals surface area contributed by atoms with E-state index in [4.69, 9.17) is 0 Å². The van der Waals surface area contributed by atoms with Crippen LogP contribution >= 0.6 is 27.3 Å². The molecule has 0 aliphatic heterocycles. The minimum Gasteiger partial charge on any atom is -0.296 e. The fraction of sp³-hybridized carbons (Fsp3) is 0. The van der Waals surface area contributed by atoms with Gasteiger partial charge in [-0.05, 0) is 42.5 Å². The number of nitrogens with zero attached hydrogens (tertiary/aromatic N) is 2. The molecule has 1 heterocycles. The van der Waals surface area contributed by atoms with Gasteiger partial charge in [0.2, 0.25) is 5.13 Å². The molecule has 2 aromatic carbocycles. The first-order valence-corrected chi connectivity index (χ1v) is 10.1. The summed E-state index contributed by atoms with van der Waals surface area (Å²) in [5, 5.41) is 10.3. The quantitative estimate of drug-likeness (QED) is 0.635. The highest BCUT2D eigenvalue weighted by molar-refractivity contribution is 9.10. The molecule has 7 nitrogen and oxygen atoms in total. The zero-order valence-electron chi connectivity index (χ0n) is 12.5. The smallest absolute Gasteiger partial charge is 0.261 e. The molecule has 0 saturated carbocycles. The van der Waals surface area contributed by atoms with Crippen molar-refractivity contribution in [3.63, 3.8) is 0 Å². The van der Waals surface area contributed by atoms with Crippen LogP contribution in [0.1, 0.15) is 10.4 Å². The number of rotatable bonds is 5. The van der Waals surface area contributed by atoms with Gasteiger partial charge >= 0.3 is 0 Å². The van der Waals surface area contributed by atoms with Crippen LogP contribution in [0, 0.1) is 0 Å². The average molecular weight is 439 g/mol. The van der Waals surface area contributed by atoms with Crippen LogP contribution in [0.25, 0.3) is 0 Å². The van der Waals surface area contributed by atoms with E-state index in [9.17, 15) is 13.2 Å². The Bertz CT molecular complexity index is 990. The standard InChI is InChI=1S/C15H11BrN4O3S2/c16-11-4-6-13(7-5-11)25(22,23)20-12-3-1-2-10(8-12)14(21)18-15-19-17-9-24-15/h1-9,20H,(H,18,19,21). The molecule has 3 rings (SSSR count). The summed E-state index contributed by atoms with van der Waals surface area (Å²) in [4.78, 5) is 12.3. The number of halogens is 1. The Morgan fingerprint density at radius 3 is 2.56 bits per heavy atom. The third kappa shape index (κ3) is 4.41. The van der Waals surface area contributed by atoms with Gasteiger partial charge in [0.25, 0.3) is 15.9 Å². The fourth-order valence-corrected chi connectivity index (χ4v) is 3.70. The molecule has 0 saturated heterocycles. The summed E-state index contributed by atoms with van der Waals surface area (Å²) in [5.41, 5.74) is 2.08. The SMILES string of the molecule is O=C(Nc1nncs1)c1cccc(NS(=O)(=O)c2ccc(Br)cc2)c1. The van der Waals surface area contributed by atoms with Crippen LogP contribution in [0.2, 0.25) is 0 Å². The van der Waals surface area contributed by atoms with E-state index in [-0.39, 0.29) is 10.6 Å². The van der Waals surface area contributed by atoms with Crippen molar-refractivity contribution in [2.75, 3.05) is 10.0 Å². The van der Waals surface area contributed by atoms with Crippen molar-refractivity contribution in [1.82, 2.24) is 10.2 Å². The molecule has 2 N–H and O–H groups in total. The molecule has 0 spiro atoms. The van der Waals surface area contributed by atoms with E-state index >= 15 is 0 Å². The minimum absolute atomic E-state index is 0.124. The first kappa shape index (κ1) is 17.5. The third-order valence-electron chi connectivity index (χ3n) is 3.08. The van der Waals surface area contributed by atoms with Gasteiger partial charge in [0, 0.05) is 15.7 Å². The molecule has 0 bridgehead atoms. The lowest BCUT2D eigenvalue weighted by molar-refractivity contribution is 0.102. The molecular weight excluding hydrogens is 428 g/mol. The summed E-state index contributed by atoms with van der Waals surface area (Å²) in [6.45, 7) is 0. The molecule has 25 heavy (non-hydrogen) atoms. The van der Waals surface area contributed by atoms with Crippen molar-refractivity contribution in [2.24, 2.45) is 0 Å². The molecule has 0 radical (unpaired) electrons. The van der Waals surface area contributed by atoms with Crippen LogP contribution in [-0.2, 0) is 10.0 Å². The molecule has 0 fully saturated rings. The number of amides is 1. The third-order valence-corrected chi connectivity index (χ3v) is 5.61. The van der Waals surface area contributed by atoms with Crippen LogP contribution in [0.5, 0.6) is 0 Å². The zero-order chi connectivity index (χ0) is 17.9. The molecule has 0 aliphatic rings. The first-order chi connectivity index (χ1) is 11.9. The lowest BCUT2D eigenvalue weighted by atomic mass is 10.2. The van der Waals surface area contributed by atoms with Gasteiger partial charge in [0.05, 0.1) is 4.90 Å². The van der Waals surface area contributed by atoms with Crippen LogP contribution in [0.4, 0.5) is 10.8 Å². The zero-order valence-corrected chi connectivity index (χ0v) is 15.7. The summed E-state index contributed by atoms with van der Waals surface area (Å²) in [6, 6.07) is 12.4. The topological polar surface area (TPSA) is 101 Å². The summed E-state index contributed by atoms with van der Waals surface area (Å²) >= 11 is 4.45. The molecule has 1 aromatic heterocycles. The van der Waals surface area contributed by atoms with Crippen molar-refractivity contribution in [3.8, 4) is 0 Å².